The molecule has 0 unspecified atom stereocenters. The summed E-state index contributed by atoms with van der Waals surface area (Å²) in [4.78, 5) is 0. The molecule has 16 heavy (non-hydrogen) atoms. The first-order chi connectivity index (χ1) is 7.58. The molecule has 0 bridgehead atoms. The summed E-state index contributed by atoms with van der Waals surface area (Å²) in [5.41, 5.74) is 7.74. The molecular weight excluding hydrogens is 268 g/mol. The molecule has 4 heteroatoms. The lowest BCUT2D eigenvalue weighted by atomic mass is 10.0. The molecule has 3 nitrogen and oxygen atoms in total. The summed E-state index contributed by atoms with van der Waals surface area (Å²) in [5, 5.41) is 12.6. The molecule has 0 aliphatic heterocycles. The molecule has 4 N–H and O–H groups in total. The maximum atomic E-state index is 9.27. The normalized spacial score (nSPS) is 12.9. The molecule has 0 fully saturated rings. The highest BCUT2D eigenvalue weighted by Gasteiger charge is 2.13. The second-order valence-electron chi connectivity index (χ2n) is 4.18. The zero-order chi connectivity index (χ0) is 12.1. The van der Waals surface area contributed by atoms with Crippen molar-refractivity contribution in [2.75, 3.05) is 11.9 Å². The van der Waals surface area contributed by atoms with Gasteiger partial charge in [0.25, 0.3) is 0 Å². The number of aliphatic hydroxyl groups excluding tert-OH is 1. The van der Waals surface area contributed by atoms with E-state index in [1.807, 2.05) is 18.2 Å². The molecular formula is C12H19BrN2O. The van der Waals surface area contributed by atoms with Crippen molar-refractivity contribution >= 4 is 21.6 Å². The highest BCUT2D eigenvalue weighted by Crippen LogP contribution is 2.22. The van der Waals surface area contributed by atoms with Crippen LogP contribution in [0.4, 0.5) is 5.69 Å². The molecule has 0 radical (unpaired) electrons. The zero-order valence-corrected chi connectivity index (χ0v) is 11.3. The molecule has 0 saturated heterocycles. The van der Waals surface area contributed by atoms with Gasteiger partial charge in [-0.25, -0.2) is 0 Å². The van der Waals surface area contributed by atoms with Crippen molar-refractivity contribution in [3.05, 3.63) is 28.2 Å². The first kappa shape index (κ1) is 13.5. The van der Waals surface area contributed by atoms with Crippen LogP contribution in [0.2, 0.25) is 0 Å². The number of nitrogens with two attached hydrogens (primary N) is 1. The molecule has 0 aliphatic carbocycles. The maximum absolute atomic E-state index is 9.27. The van der Waals surface area contributed by atoms with E-state index < -0.39 is 0 Å². The van der Waals surface area contributed by atoms with E-state index in [0.717, 1.165) is 15.7 Å². The number of halogens is 1. The molecule has 1 rings (SSSR count). The molecule has 0 spiro atoms. The lowest BCUT2D eigenvalue weighted by molar-refractivity contribution is 0.249. The fourth-order valence-electron chi connectivity index (χ4n) is 1.49. The van der Waals surface area contributed by atoms with Crippen molar-refractivity contribution in [3.63, 3.8) is 0 Å². The van der Waals surface area contributed by atoms with E-state index in [2.05, 4.69) is 35.1 Å². The number of anilines is 1. The fraction of sp³-hybridized carbons (Fsp3) is 0.500. The molecule has 0 aromatic heterocycles. The van der Waals surface area contributed by atoms with Crippen molar-refractivity contribution in [3.8, 4) is 0 Å². The predicted octanol–water partition coefficient (Wildman–Crippen LogP) is 2.34. The Hall–Kier alpha value is -0.580. The number of aliphatic hydroxyl groups is 1. The number of benzene rings is 1. The Morgan fingerprint density at radius 2 is 2.12 bits per heavy atom. The number of hydrogen-bond donors (Lipinski definition) is 3. The van der Waals surface area contributed by atoms with Crippen LogP contribution in [0.15, 0.2) is 22.7 Å². The third kappa shape index (κ3) is 3.47. The van der Waals surface area contributed by atoms with Crippen molar-refractivity contribution in [1.82, 2.24) is 0 Å². The van der Waals surface area contributed by atoms with Gasteiger partial charge in [0.05, 0.1) is 12.6 Å². The van der Waals surface area contributed by atoms with Gasteiger partial charge in [0.1, 0.15) is 0 Å². The van der Waals surface area contributed by atoms with E-state index in [9.17, 15) is 5.11 Å². The van der Waals surface area contributed by atoms with Crippen molar-refractivity contribution < 1.29 is 5.11 Å². The van der Waals surface area contributed by atoms with Crippen molar-refractivity contribution in [1.29, 1.82) is 0 Å². The van der Waals surface area contributed by atoms with E-state index >= 15 is 0 Å². The monoisotopic (exact) mass is 286 g/mol. The second kappa shape index (κ2) is 6.23. The molecule has 1 aromatic rings. The SMILES string of the molecule is CC(C)[C@@H](CO)Nc1ccc(Br)cc1CN. The van der Waals surface area contributed by atoms with Gasteiger partial charge >= 0.3 is 0 Å². The standard InChI is InChI=1S/C12H19BrN2O/c1-8(2)12(7-16)15-11-4-3-10(13)5-9(11)6-14/h3-5,8,12,15-16H,6-7,14H2,1-2H3/t12-/m1/s1. The van der Waals surface area contributed by atoms with Crippen LogP contribution < -0.4 is 11.1 Å². The Morgan fingerprint density at radius 1 is 1.44 bits per heavy atom. The van der Waals surface area contributed by atoms with Crippen LogP contribution in [0.3, 0.4) is 0 Å². The Labute approximate surface area is 105 Å². The van der Waals surface area contributed by atoms with Crippen LogP contribution in [-0.4, -0.2) is 17.8 Å². The summed E-state index contributed by atoms with van der Waals surface area (Å²) in [5.74, 6) is 0.374. The Bertz CT molecular complexity index is 342. The molecule has 1 atom stereocenters. The molecule has 0 aliphatic rings. The fourth-order valence-corrected chi connectivity index (χ4v) is 1.90. The predicted molar refractivity (Wildman–Crippen MR) is 71.4 cm³/mol. The highest BCUT2D eigenvalue weighted by atomic mass is 79.9. The van der Waals surface area contributed by atoms with Crippen LogP contribution in [0.5, 0.6) is 0 Å². The minimum Gasteiger partial charge on any atom is -0.394 e. The molecule has 1 aromatic carbocycles. The van der Waals surface area contributed by atoms with Gasteiger partial charge < -0.3 is 16.2 Å². The minimum atomic E-state index is 0.0616. The van der Waals surface area contributed by atoms with Crippen LogP contribution in [0.25, 0.3) is 0 Å². The van der Waals surface area contributed by atoms with Gasteiger partial charge in [0, 0.05) is 16.7 Å². The third-order valence-corrected chi connectivity index (χ3v) is 3.12. The first-order valence-electron chi connectivity index (χ1n) is 5.44. The van der Waals surface area contributed by atoms with Crippen molar-refractivity contribution in [2.45, 2.75) is 26.4 Å². The number of hydrogen-bond acceptors (Lipinski definition) is 3. The summed E-state index contributed by atoms with van der Waals surface area (Å²) < 4.78 is 1.02. The van der Waals surface area contributed by atoms with Gasteiger partial charge in [0.2, 0.25) is 0 Å². The summed E-state index contributed by atoms with van der Waals surface area (Å²) in [6.45, 7) is 4.76. The minimum absolute atomic E-state index is 0.0616. The lowest BCUT2D eigenvalue weighted by Crippen LogP contribution is -2.30. The Morgan fingerprint density at radius 3 is 2.62 bits per heavy atom. The van der Waals surface area contributed by atoms with E-state index in [1.165, 1.54) is 0 Å². The van der Waals surface area contributed by atoms with E-state index in [0.29, 0.717) is 12.5 Å². The van der Waals surface area contributed by atoms with Crippen LogP contribution in [-0.2, 0) is 6.54 Å². The maximum Gasteiger partial charge on any atom is 0.0635 e. The number of rotatable bonds is 5. The molecule has 0 amide bonds. The van der Waals surface area contributed by atoms with Gasteiger partial charge in [-0.1, -0.05) is 29.8 Å². The van der Waals surface area contributed by atoms with Gasteiger partial charge in [-0.3, -0.25) is 0 Å². The lowest BCUT2D eigenvalue weighted by Gasteiger charge is -2.22. The van der Waals surface area contributed by atoms with Gasteiger partial charge in [-0.05, 0) is 29.7 Å². The second-order valence-corrected chi connectivity index (χ2v) is 5.10. The van der Waals surface area contributed by atoms with E-state index in [-0.39, 0.29) is 12.6 Å². The average molecular weight is 287 g/mol. The molecule has 0 saturated carbocycles. The molecule has 90 valence electrons. The first-order valence-corrected chi connectivity index (χ1v) is 6.23. The van der Waals surface area contributed by atoms with Gasteiger partial charge in [-0.15, -0.1) is 0 Å². The van der Waals surface area contributed by atoms with Crippen LogP contribution >= 0.6 is 15.9 Å². The Balaban J connectivity index is 2.87. The average Bonchev–Trinajstić information content (AvgIpc) is 2.26. The highest BCUT2D eigenvalue weighted by molar-refractivity contribution is 9.10. The van der Waals surface area contributed by atoms with E-state index in [4.69, 9.17) is 5.73 Å². The summed E-state index contributed by atoms with van der Waals surface area (Å²) >= 11 is 3.42. The molecule has 0 heterocycles. The third-order valence-electron chi connectivity index (χ3n) is 2.63. The van der Waals surface area contributed by atoms with Gasteiger partial charge in [0.15, 0.2) is 0 Å². The van der Waals surface area contributed by atoms with Crippen LogP contribution in [0, 0.1) is 5.92 Å². The van der Waals surface area contributed by atoms with Crippen LogP contribution in [0.1, 0.15) is 19.4 Å². The van der Waals surface area contributed by atoms with Gasteiger partial charge in [-0.2, -0.15) is 0 Å². The van der Waals surface area contributed by atoms with Crippen molar-refractivity contribution in [2.24, 2.45) is 11.7 Å². The number of nitrogens with one attached hydrogen (secondary N) is 1. The summed E-state index contributed by atoms with van der Waals surface area (Å²) in [6.07, 6.45) is 0. The summed E-state index contributed by atoms with van der Waals surface area (Å²) in [7, 11) is 0. The Kier molecular flexibility index (Phi) is 5.25. The topological polar surface area (TPSA) is 58.3 Å². The summed E-state index contributed by atoms with van der Waals surface area (Å²) in [6, 6.07) is 6.01. The quantitative estimate of drug-likeness (QED) is 0.779. The smallest absolute Gasteiger partial charge is 0.0635 e. The van der Waals surface area contributed by atoms with E-state index in [1.54, 1.807) is 0 Å². The largest absolute Gasteiger partial charge is 0.394 e. The zero-order valence-electron chi connectivity index (χ0n) is 9.70.